The third kappa shape index (κ3) is 3.85. The molecule has 116 valence electrons. The summed E-state index contributed by atoms with van der Waals surface area (Å²) < 4.78 is 10.6. The van der Waals surface area contributed by atoms with Gasteiger partial charge in [0.2, 0.25) is 0 Å². The molecule has 2 rings (SSSR count). The normalized spacial score (nSPS) is 17.4. The molecule has 1 aliphatic rings. The van der Waals surface area contributed by atoms with E-state index in [9.17, 15) is 14.7 Å². The highest BCUT2D eigenvalue weighted by Crippen LogP contribution is 2.24. The Morgan fingerprint density at radius 3 is 2.57 bits per heavy atom. The molecule has 1 aromatic rings. The zero-order chi connectivity index (χ0) is 15.4. The molecule has 6 heteroatoms. The lowest BCUT2D eigenvalue weighted by atomic mass is 9.86. The van der Waals surface area contributed by atoms with Gasteiger partial charge in [0.15, 0.2) is 5.76 Å². The minimum absolute atomic E-state index is 0.0379. The molecule has 2 N–H and O–H groups in total. The molecule has 1 aliphatic heterocycles. The fraction of sp³-hybridized carbons (Fsp3) is 0.600. The van der Waals surface area contributed by atoms with Gasteiger partial charge in [-0.25, -0.2) is 0 Å². The van der Waals surface area contributed by atoms with Gasteiger partial charge in [0, 0.05) is 25.3 Å². The van der Waals surface area contributed by atoms with Crippen LogP contribution in [0.2, 0.25) is 0 Å². The predicted octanol–water partition coefficient (Wildman–Crippen LogP) is 1.75. The molecule has 1 unspecified atom stereocenters. The van der Waals surface area contributed by atoms with Gasteiger partial charge in [-0.05, 0) is 38.7 Å². The van der Waals surface area contributed by atoms with Crippen LogP contribution in [0.3, 0.4) is 0 Å². The van der Waals surface area contributed by atoms with Gasteiger partial charge in [-0.3, -0.25) is 9.59 Å². The number of hydrogen-bond acceptors (Lipinski definition) is 4. The van der Waals surface area contributed by atoms with Gasteiger partial charge in [0.25, 0.3) is 5.91 Å². The Kier molecular flexibility index (Phi) is 5.01. The fourth-order valence-electron chi connectivity index (χ4n) is 2.72. The first-order chi connectivity index (χ1) is 9.99. The van der Waals surface area contributed by atoms with Crippen molar-refractivity contribution in [1.29, 1.82) is 0 Å². The molecular formula is C15H21NO5. The van der Waals surface area contributed by atoms with Crippen LogP contribution in [0.5, 0.6) is 0 Å². The molecule has 2 heterocycles. The summed E-state index contributed by atoms with van der Waals surface area (Å²) in [6.07, 6.45) is 1.43. The molecule has 0 saturated carbocycles. The Morgan fingerprint density at radius 2 is 2.05 bits per heavy atom. The first-order valence-corrected chi connectivity index (χ1v) is 7.15. The number of carbonyl (C=O) groups excluding carboxylic acids is 1. The Hall–Kier alpha value is -1.82. The number of nitrogens with one attached hydrogen (secondary N) is 1. The van der Waals surface area contributed by atoms with Crippen LogP contribution in [0.1, 0.15) is 34.7 Å². The van der Waals surface area contributed by atoms with E-state index in [1.54, 1.807) is 19.9 Å². The summed E-state index contributed by atoms with van der Waals surface area (Å²) in [4.78, 5) is 23.5. The Bertz CT molecular complexity index is 516. The molecule has 1 atom stereocenters. The van der Waals surface area contributed by atoms with Crippen LogP contribution in [-0.2, 0) is 9.53 Å². The van der Waals surface area contributed by atoms with Crippen LogP contribution in [0, 0.1) is 25.7 Å². The van der Waals surface area contributed by atoms with E-state index in [4.69, 9.17) is 9.15 Å². The molecular weight excluding hydrogens is 274 g/mol. The van der Waals surface area contributed by atoms with Gasteiger partial charge in [-0.15, -0.1) is 0 Å². The maximum absolute atomic E-state index is 12.1. The second-order valence-corrected chi connectivity index (χ2v) is 5.47. The maximum Gasteiger partial charge on any atom is 0.308 e. The number of furan rings is 1. The number of hydrogen-bond donors (Lipinski definition) is 2. The standard InChI is InChI=1S/C15H21NO5/c1-9-7-10(2)21-13(9)14(17)16-8-12(15(18)19)11-3-5-20-6-4-11/h7,11-12H,3-6,8H2,1-2H3,(H,16,17)(H,18,19). The van der Waals surface area contributed by atoms with E-state index in [0.29, 0.717) is 31.8 Å². The molecule has 0 aromatic carbocycles. The molecule has 1 saturated heterocycles. The van der Waals surface area contributed by atoms with Gasteiger partial charge in [-0.1, -0.05) is 0 Å². The molecule has 0 radical (unpaired) electrons. The van der Waals surface area contributed by atoms with Gasteiger partial charge >= 0.3 is 5.97 Å². The molecule has 0 bridgehead atoms. The van der Waals surface area contributed by atoms with Crippen molar-refractivity contribution in [2.75, 3.05) is 19.8 Å². The zero-order valence-corrected chi connectivity index (χ0v) is 12.3. The highest BCUT2D eigenvalue weighted by atomic mass is 16.5. The maximum atomic E-state index is 12.1. The highest BCUT2D eigenvalue weighted by Gasteiger charge is 2.30. The van der Waals surface area contributed by atoms with E-state index in [1.807, 2.05) is 0 Å². The van der Waals surface area contributed by atoms with Crippen LogP contribution in [0.25, 0.3) is 0 Å². The molecule has 0 spiro atoms. The van der Waals surface area contributed by atoms with E-state index in [2.05, 4.69) is 5.32 Å². The average molecular weight is 295 g/mol. The number of amides is 1. The molecule has 1 amide bonds. The molecule has 6 nitrogen and oxygen atoms in total. The SMILES string of the molecule is Cc1cc(C)c(C(=O)NCC(C(=O)O)C2CCOCC2)o1. The van der Waals surface area contributed by atoms with Crippen LogP contribution in [-0.4, -0.2) is 36.7 Å². The van der Waals surface area contributed by atoms with Crippen molar-refractivity contribution < 1.29 is 23.8 Å². The summed E-state index contributed by atoms with van der Waals surface area (Å²) >= 11 is 0. The second-order valence-electron chi connectivity index (χ2n) is 5.47. The van der Waals surface area contributed by atoms with Crippen LogP contribution < -0.4 is 5.32 Å². The van der Waals surface area contributed by atoms with Crippen molar-refractivity contribution >= 4 is 11.9 Å². The van der Waals surface area contributed by atoms with E-state index in [-0.39, 0.29) is 24.1 Å². The molecule has 1 aromatic heterocycles. The number of carbonyl (C=O) groups is 2. The second kappa shape index (κ2) is 6.76. The number of carboxylic acid groups (broad SMARTS) is 1. The van der Waals surface area contributed by atoms with Gasteiger partial charge in [0.1, 0.15) is 5.76 Å². The summed E-state index contributed by atoms with van der Waals surface area (Å²) in [5.74, 6) is -0.876. The van der Waals surface area contributed by atoms with E-state index in [0.717, 1.165) is 5.56 Å². The zero-order valence-electron chi connectivity index (χ0n) is 12.3. The number of ether oxygens (including phenoxy) is 1. The van der Waals surface area contributed by atoms with Crippen LogP contribution >= 0.6 is 0 Å². The van der Waals surface area contributed by atoms with Crippen molar-refractivity contribution in [3.8, 4) is 0 Å². The van der Waals surface area contributed by atoms with Crippen LogP contribution in [0.15, 0.2) is 10.5 Å². The smallest absolute Gasteiger partial charge is 0.308 e. The van der Waals surface area contributed by atoms with Crippen molar-refractivity contribution in [2.45, 2.75) is 26.7 Å². The summed E-state index contributed by atoms with van der Waals surface area (Å²) in [5, 5.41) is 12.0. The third-order valence-electron chi connectivity index (χ3n) is 3.88. The quantitative estimate of drug-likeness (QED) is 0.864. The summed E-state index contributed by atoms with van der Waals surface area (Å²) in [6, 6.07) is 1.78. The number of carboxylic acids is 1. The van der Waals surface area contributed by atoms with Crippen molar-refractivity contribution in [3.05, 3.63) is 23.2 Å². The lowest BCUT2D eigenvalue weighted by Gasteiger charge is -2.27. The summed E-state index contributed by atoms with van der Waals surface area (Å²) in [7, 11) is 0. The van der Waals surface area contributed by atoms with Gasteiger partial charge < -0.3 is 19.6 Å². The van der Waals surface area contributed by atoms with E-state index in [1.165, 1.54) is 0 Å². The Balaban J connectivity index is 1.96. The summed E-state index contributed by atoms with van der Waals surface area (Å²) in [6.45, 7) is 4.83. The Labute approximate surface area is 123 Å². The largest absolute Gasteiger partial charge is 0.481 e. The summed E-state index contributed by atoms with van der Waals surface area (Å²) in [5.41, 5.74) is 0.753. The van der Waals surface area contributed by atoms with Crippen molar-refractivity contribution in [3.63, 3.8) is 0 Å². The topological polar surface area (TPSA) is 88.8 Å². The highest BCUT2D eigenvalue weighted by molar-refractivity contribution is 5.93. The lowest BCUT2D eigenvalue weighted by molar-refractivity contribution is -0.144. The molecule has 21 heavy (non-hydrogen) atoms. The minimum Gasteiger partial charge on any atom is -0.481 e. The van der Waals surface area contributed by atoms with E-state index >= 15 is 0 Å². The lowest BCUT2D eigenvalue weighted by Crippen LogP contribution is -2.39. The number of aliphatic carboxylic acids is 1. The van der Waals surface area contributed by atoms with Gasteiger partial charge in [-0.2, -0.15) is 0 Å². The monoisotopic (exact) mass is 295 g/mol. The predicted molar refractivity (Wildman–Crippen MR) is 75.2 cm³/mol. The first kappa shape index (κ1) is 15.6. The van der Waals surface area contributed by atoms with Crippen molar-refractivity contribution in [1.82, 2.24) is 5.32 Å². The Morgan fingerprint density at radius 1 is 1.38 bits per heavy atom. The number of aryl methyl sites for hydroxylation is 2. The number of rotatable bonds is 5. The molecule has 1 fully saturated rings. The fourth-order valence-corrected chi connectivity index (χ4v) is 2.72. The first-order valence-electron chi connectivity index (χ1n) is 7.15. The van der Waals surface area contributed by atoms with Crippen LogP contribution in [0.4, 0.5) is 0 Å². The third-order valence-corrected chi connectivity index (χ3v) is 3.88. The minimum atomic E-state index is -0.880. The van der Waals surface area contributed by atoms with Gasteiger partial charge in [0.05, 0.1) is 5.92 Å². The van der Waals surface area contributed by atoms with E-state index < -0.39 is 11.9 Å². The molecule has 0 aliphatic carbocycles. The average Bonchev–Trinajstić information content (AvgIpc) is 2.78. The van der Waals surface area contributed by atoms with Crippen molar-refractivity contribution in [2.24, 2.45) is 11.8 Å².